The molecular weight excluding hydrogens is 356 g/mol. The first-order chi connectivity index (χ1) is 12.3. The standard InChI is InChI=1S/C18H23ClN4O3/c1-22(2)14-7-6-12(19)10-13(14)20-15(24)11-23-16(25)18(21-17(23)26)8-4-3-5-9-18/h6-7,10H,3-5,8-9,11H2,1-2H3,(H,20,24)(H,21,26). The number of nitrogens with zero attached hydrogens (tertiary/aromatic N) is 2. The average molecular weight is 379 g/mol. The van der Waals surface area contributed by atoms with Crippen LogP contribution in [0.25, 0.3) is 0 Å². The highest BCUT2D eigenvalue weighted by atomic mass is 35.5. The summed E-state index contributed by atoms with van der Waals surface area (Å²) < 4.78 is 0. The summed E-state index contributed by atoms with van der Waals surface area (Å²) in [7, 11) is 3.70. The fraction of sp³-hybridized carbons (Fsp3) is 0.500. The molecule has 1 aliphatic carbocycles. The quantitative estimate of drug-likeness (QED) is 0.789. The van der Waals surface area contributed by atoms with Gasteiger partial charge in [-0.3, -0.25) is 14.5 Å². The van der Waals surface area contributed by atoms with Gasteiger partial charge in [-0.25, -0.2) is 4.79 Å². The number of hydrogen-bond donors (Lipinski definition) is 2. The molecule has 0 bridgehead atoms. The Morgan fingerprint density at radius 3 is 2.62 bits per heavy atom. The largest absolute Gasteiger partial charge is 0.376 e. The first-order valence-electron chi connectivity index (χ1n) is 8.73. The van der Waals surface area contributed by atoms with Crippen LogP contribution < -0.4 is 15.5 Å². The summed E-state index contributed by atoms with van der Waals surface area (Å²) in [5.74, 6) is -0.733. The molecule has 2 fully saturated rings. The van der Waals surface area contributed by atoms with E-state index in [1.165, 1.54) is 0 Å². The first-order valence-corrected chi connectivity index (χ1v) is 9.11. The van der Waals surface area contributed by atoms with Crippen molar-refractivity contribution in [1.82, 2.24) is 10.2 Å². The molecule has 0 atom stereocenters. The Morgan fingerprint density at radius 2 is 1.96 bits per heavy atom. The smallest absolute Gasteiger partial charge is 0.325 e. The molecule has 2 aliphatic rings. The highest BCUT2D eigenvalue weighted by molar-refractivity contribution is 6.31. The maximum atomic E-state index is 12.7. The van der Waals surface area contributed by atoms with Crippen LogP contribution in [0.2, 0.25) is 5.02 Å². The number of nitrogens with one attached hydrogen (secondary N) is 2. The monoisotopic (exact) mass is 378 g/mol. The fourth-order valence-corrected chi connectivity index (χ4v) is 3.82. The molecule has 3 rings (SSSR count). The number of hydrogen-bond acceptors (Lipinski definition) is 4. The van der Waals surface area contributed by atoms with E-state index in [1.54, 1.807) is 18.2 Å². The zero-order chi connectivity index (χ0) is 18.9. The van der Waals surface area contributed by atoms with E-state index in [9.17, 15) is 14.4 Å². The molecule has 7 nitrogen and oxygen atoms in total. The minimum Gasteiger partial charge on any atom is -0.376 e. The molecule has 1 aliphatic heterocycles. The van der Waals surface area contributed by atoms with E-state index in [4.69, 9.17) is 11.6 Å². The van der Waals surface area contributed by atoms with Crippen molar-refractivity contribution >= 4 is 40.8 Å². The van der Waals surface area contributed by atoms with Crippen molar-refractivity contribution in [2.75, 3.05) is 30.9 Å². The van der Waals surface area contributed by atoms with Gasteiger partial charge in [0.05, 0.1) is 11.4 Å². The third-order valence-corrected chi connectivity index (χ3v) is 5.20. The molecule has 1 saturated carbocycles. The van der Waals surface area contributed by atoms with Crippen molar-refractivity contribution in [1.29, 1.82) is 0 Å². The Hall–Kier alpha value is -2.28. The van der Waals surface area contributed by atoms with E-state index in [1.807, 2.05) is 19.0 Å². The van der Waals surface area contributed by atoms with Gasteiger partial charge in [0.2, 0.25) is 5.91 Å². The van der Waals surface area contributed by atoms with Crippen LogP contribution in [0.3, 0.4) is 0 Å². The van der Waals surface area contributed by atoms with Gasteiger partial charge in [-0.15, -0.1) is 0 Å². The van der Waals surface area contributed by atoms with Gasteiger partial charge < -0.3 is 15.5 Å². The summed E-state index contributed by atoms with van der Waals surface area (Å²) in [6.07, 6.45) is 4.14. The van der Waals surface area contributed by atoms with Crippen molar-refractivity contribution in [3.05, 3.63) is 23.2 Å². The van der Waals surface area contributed by atoms with E-state index >= 15 is 0 Å². The van der Waals surface area contributed by atoms with Gasteiger partial charge in [0.1, 0.15) is 12.1 Å². The zero-order valence-electron chi connectivity index (χ0n) is 15.0. The zero-order valence-corrected chi connectivity index (χ0v) is 15.7. The first kappa shape index (κ1) is 18.5. The molecule has 0 radical (unpaired) electrons. The lowest BCUT2D eigenvalue weighted by Crippen LogP contribution is -2.48. The number of carbonyl (C=O) groups is 3. The maximum absolute atomic E-state index is 12.7. The maximum Gasteiger partial charge on any atom is 0.325 e. The van der Waals surface area contributed by atoms with Gasteiger partial charge in [0.25, 0.3) is 5.91 Å². The summed E-state index contributed by atoms with van der Waals surface area (Å²) in [5, 5.41) is 6.05. The number of amides is 4. The molecule has 1 spiro atoms. The number of anilines is 2. The van der Waals surface area contributed by atoms with E-state index < -0.39 is 17.5 Å². The summed E-state index contributed by atoms with van der Waals surface area (Å²) in [6, 6.07) is 4.67. The molecule has 4 amide bonds. The summed E-state index contributed by atoms with van der Waals surface area (Å²) in [5.41, 5.74) is 0.496. The van der Waals surface area contributed by atoms with Crippen LogP contribution in [0.15, 0.2) is 18.2 Å². The van der Waals surface area contributed by atoms with E-state index in [2.05, 4.69) is 10.6 Å². The van der Waals surface area contributed by atoms with Crippen molar-refractivity contribution in [2.24, 2.45) is 0 Å². The van der Waals surface area contributed by atoms with Crippen LogP contribution in [0, 0.1) is 0 Å². The van der Waals surface area contributed by atoms with Crippen molar-refractivity contribution in [3.8, 4) is 0 Å². The van der Waals surface area contributed by atoms with Crippen LogP contribution in [0.4, 0.5) is 16.2 Å². The number of benzene rings is 1. The van der Waals surface area contributed by atoms with Gasteiger partial charge >= 0.3 is 6.03 Å². The average Bonchev–Trinajstić information content (AvgIpc) is 2.79. The summed E-state index contributed by atoms with van der Waals surface area (Å²) in [6.45, 7) is -0.314. The molecule has 8 heteroatoms. The molecule has 1 aromatic carbocycles. The van der Waals surface area contributed by atoms with Gasteiger partial charge in [0, 0.05) is 19.1 Å². The fourth-order valence-electron chi connectivity index (χ4n) is 3.65. The Bertz CT molecular complexity index is 744. The predicted octanol–water partition coefficient (Wildman–Crippen LogP) is 2.60. The molecule has 1 heterocycles. The number of carbonyl (C=O) groups excluding carboxylic acids is 3. The van der Waals surface area contributed by atoms with Gasteiger partial charge in [-0.05, 0) is 31.0 Å². The number of imide groups is 1. The molecule has 2 N–H and O–H groups in total. The van der Waals surface area contributed by atoms with Crippen LogP contribution in [0.1, 0.15) is 32.1 Å². The second kappa shape index (κ2) is 7.15. The summed E-state index contributed by atoms with van der Waals surface area (Å²) in [4.78, 5) is 40.3. The highest BCUT2D eigenvalue weighted by Crippen LogP contribution is 2.34. The number of rotatable bonds is 4. The topological polar surface area (TPSA) is 81.8 Å². The Kier molecular flexibility index (Phi) is 5.09. The van der Waals surface area contributed by atoms with Crippen LogP contribution in [-0.4, -0.2) is 48.9 Å². The molecule has 0 unspecified atom stereocenters. The Morgan fingerprint density at radius 1 is 1.27 bits per heavy atom. The third kappa shape index (κ3) is 3.49. The summed E-state index contributed by atoms with van der Waals surface area (Å²) >= 11 is 6.02. The second-order valence-electron chi connectivity index (χ2n) is 7.07. The van der Waals surface area contributed by atoms with Crippen LogP contribution in [-0.2, 0) is 9.59 Å². The van der Waals surface area contributed by atoms with Crippen molar-refractivity contribution in [2.45, 2.75) is 37.6 Å². The lowest BCUT2D eigenvalue weighted by Gasteiger charge is -2.30. The second-order valence-corrected chi connectivity index (χ2v) is 7.50. The molecule has 140 valence electrons. The van der Waals surface area contributed by atoms with Gasteiger partial charge in [0.15, 0.2) is 0 Å². The lowest BCUT2D eigenvalue weighted by molar-refractivity contribution is -0.134. The Balaban J connectivity index is 1.72. The minimum absolute atomic E-state index is 0.295. The van der Waals surface area contributed by atoms with E-state index in [-0.39, 0.29) is 12.5 Å². The van der Waals surface area contributed by atoms with Crippen LogP contribution >= 0.6 is 11.6 Å². The molecule has 1 aromatic rings. The van der Waals surface area contributed by atoms with Gasteiger partial charge in [-0.2, -0.15) is 0 Å². The SMILES string of the molecule is CN(C)c1ccc(Cl)cc1NC(=O)CN1C(=O)NC2(CCCCC2)C1=O. The van der Waals surface area contributed by atoms with Crippen molar-refractivity contribution < 1.29 is 14.4 Å². The minimum atomic E-state index is -0.819. The van der Waals surface area contributed by atoms with Crippen LogP contribution in [0.5, 0.6) is 0 Å². The number of urea groups is 1. The number of halogens is 1. The molecule has 0 aromatic heterocycles. The van der Waals surface area contributed by atoms with E-state index in [0.29, 0.717) is 23.6 Å². The van der Waals surface area contributed by atoms with E-state index in [0.717, 1.165) is 29.8 Å². The normalized spacial score (nSPS) is 18.8. The van der Waals surface area contributed by atoms with Gasteiger partial charge in [-0.1, -0.05) is 30.9 Å². The molecule has 1 saturated heterocycles. The molecule has 26 heavy (non-hydrogen) atoms. The molecular formula is C18H23ClN4O3. The Labute approximate surface area is 157 Å². The predicted molar refractivity (Wildman–Crippen MR) is 100 cm³/mol. The lowest BCUT2D eigenvalue weighted by atomic mass is 9.82. The third-order valence-electron chi connectivity index (χ3n) is 4.97. The highest BCUT2D eigenvalue weighted by Gasteiger charge is 2.51. The van der Waals surface area contributed by atoms with Crippen molar-refractivity contribution in [3.63, 3.8) is 0 Å².